The second-order valence-corrected chi connectivity index (χ2v) is 4.19. The van der Waals surface area contributed by atoms with Crippen molar-refractivity contribution in [3.05, 3.63) is 60.7 Å². The summed E-state index contributed by atoms with van der Waals surface area (Å²) in [5, 5.41) is 3.23. The smallest absolute Gasteiger partial charge is 0.210 e. The number of hydrogen-bond donors (Lipinski definition) is 1. The van der Waals surface area contributed by atoms with Crippen LogP contribution in [-0.2, 0) is 0 Å². The first kappa shape index (κ1) is 11.9. The van der Waals surface area contributed by atoms with E-state index < -0.39 is 0 Å². The molecule has 1 nitrogen and oxygen atoms in total. The summed E-state index contributed by atoms with van der Waals surface area (Å²) >= 11 is 0. The van der Waals surface area contributed by atoms with E-state index in [0.717, 1.165) is 12.9 Å². The first-order chi connectivity index (χ1) is 8.42. The Hall–Kier alpha value is -1.54. The fourth-order valence-electron chi connectivity index (χ4n) is 2.13. The lowest BCUT2D eigenvalue weighted by Crippen LogP contribution is -2.43. The summed E-state index contributed by atoms with van der Waals surface area (Å²) < 4.78 is 0. The molecule has 0 unspecified atom stereocenters. The van der Waals surface area contributed by atoms with E-state index in [9.17, 15) is 0 Å². The number of rotatable bonds is 5. The molecule has 0 atom stereocenters. The molecule has 0 spiro atoms. The predicted octanol–water partition coefficient (Wildman–Crippen LogP) is 1.32. The molecule has 0 aromatic heterocycles. The predicted molar refractivity (Wildman–Crippen MR) is 75.5 cm³/mol. The fourth-order valence-corrected chi connectivity index (χ4v) is 2.13. The van der Waals surface area contributed by atoms with E-state index in [4.69, 9.17) is 0 Å². The van der Waals surface area contributed by atoms with Crippen LogP contribution in [0.4, 0.5) is 0 Å². The third kappa shape index (κ3) is 3.21. The Morgan fingerprint density at radius 1 is 1.00 bits per heavy atom. The Bertz CT molecular complexity index is 388. The molecular weight excluding hydrogens is 205 g/mol. The van der Waals surface area contributed by atoms with Crippen molar-refractivity contribution in [3.63, 3.8) is 0 Å². The Kier molecular flexibility index (Phi) is 4.40. The lowest BCUT2D eigenvalue weighted by Gasteiger charge is -2.14. The van der Waals surface area contributed by atoms with E-state index in [-0.39, 0.29) is 0 Å². The van der Waals surface area contributed by atoms with E-state index in [1.807, 2.05) is 19.2 Å². The van der Waals surface area contributed by atoms with Gasteiger partial charge in [-0.2, -0.15) is 0 Å². The molecule has 0 heterocycles. The van der Waals surface area contributed by atoms with Gasteiger partial charge in [-0.05, 0) is 19.7 Å². The van der Waals surface area contributed by atoms with Crippen LogP contribution in [0.1, 0.15) is 0 Å². The van der Waals surface area contributed by atoms with Gasteiger partial charge in [0.1, 0.15) is 0 Å². The molecule has 0 aliphatic carbocycles. The van der Waals surface area contributed by atoms with Crippen LogP contribution < -0.4 is 16.2 Å². The largest absolute Gasteiger partial charge is 0.320 e. The molecule has 17 heavy (non-hydrogen) atoms. The third-order valence-corrected chi connectivity index (χ3v) is 3.03. The van der Waals surface area contributed by atoms with E-state index in [0.29, 0.717) is 6.71 Å². The van der Waals surface area contributed by atoms with E-state index in [1.165, 1.54) is 10.9 Å². The highest BCUT2D eigenvalue weighted by Gasteiger charge is 2.17. The second-order valence-electron chi connectivity index (χ2n) is 4.19. The molecule has 0 fully saturated rings. The van der Waals surface area contributed by atoms with Crippen molar-refractivity contribution in [1.29, 1.82) is 0 Å². The molecule has 2 aromatic rings. The minimum Gasteiger partial charge on any atom is -0.320 e. The molecule has 2 rings (SSSR count). The van der Waals surface area contributed by atoms with Crippen LogP contribution in [0.2, 0.25) is 6.32 Å². The average Bonchev–Trinajstić information content (AvgIpc) is 2.42. The molecule has 2 aromatic carbocycles. The van der Waals surface area contributed by atoms with Crippen LogP contribution in [0, 0.1) is 6.07 Å². The lowest BCUT2D eigenvalue weighted by atomic mass is 9.39. The number of nitrogens with one attached hydrogen (secondary N) is 1. The van der Waals surface area contributed by atoms with Gasteiger partial charge in [-0.15, -0.1) is 0 Å². The van der Waals surface area contributed by atoms with Crippen LogP contribution in [0.3, 0.4) is 0 Å². The average molecular weight is 222 g/mol. The van der Waals surface area contributed by atoms with Gasteiger partial charge in [0.2, 0.25) is 6.71 Å². The monoisotopic (exact) mass is 222 g/mol. The summed E-state index contributed by atoms with van der Waals surface area (Å²) in [6, 6.07) is 22.1. The van der Waals surface area contributed by atoms with Crippen molar-refractivity contribution >= 4 is 17.6 Å². The van der Waals surface area contributed by atoms with Crippen molar-refractivity contribution in [2.45, 2.75) is 6.32 Å². The maximum Gasteiger partial charge on any atom is 0.210 e. The van der Waals surface area contributed by atoms with E-state index >= 15 is 0 Å². The minimum atomic E-state index is 0.471. The van der Waals surface area contributed by atoms with Crippen molar-refractivity contribution in [2.75, 3.05) is 13.6 Å². The maximum atomic E-state index is 3.23. The normalized spacial score (nSPS) is 10.2. The molecule has 0 bridgehead atoms. The van der Waals surface area contributed by atoms with Crippen LogP contribution in [0.25, 0.3) is 0 Å². The van der Waals surface area contributed by atoms with Crippen molar-refractivity contribution in [1.82, 2.24) is 5.32 Å². The summed E-state index contributed by atoms with van der Waals surface area (Å²) in [6.45, 7) is 1.50. The molecule has 1 N–H and O–H groups in total. The van der Waals surface area contributed by atoms with Gasteiger partial charge < -0.3 is 5.32 Å². The van der Waals surface area contributed by atoms with Crippen LogP contribution in [0.5, 0.6) is 0 Å². The zero-order chi connectivity index (χ0) is 11.9. The first-order valence-corrected chi connectivity index (χ1v) is 6.07. The molecule has 0 aliphatic heterocycles. The van der Waals surface area contributed by atoms with Gasteiger partial charge in [0.15, 0.2) is 0 Å². The third-order valence-electron chi connectivity index (χ3n) is 3.03. The first-order valence-electron chi connectivity index (χ1n) is 6.07. The van der Waals surface area contributed by atoms with Crippen LogP contribution in [0.15, 0.2) is 54.6 Å². The zero-order valence-electron chi connectivity index (χ0n) is 10.2. The van der Waals surface area contributed by atoms with E-state index in [1.54, 1.807) is 0 Å². The lowest BCUT2D eigenvalue weighted by molar-refractivity contribution is 0.858. The fraction of sp³-hybridized carbons (Fsp3) is 0.200. The van der Waals surface area contributed by atoms with E-state index in [2.05, 4.69) is 53.8 Å². The molecule has 85 valence electrons. The SMILES string of the molecule is CNCCB(c1cc[c]cc1)c1ccccc1. The Morgan fingerprint density at radius 2 is 1.65 bits per heavy atom. The highest BCUT2D eigenvalue weighted by molar-refractivity contribution is 6.85. The summed E-state index contributed by atoms with van der Waals surface area (Å²) in [5.41, 5.74) is 2.75. The summed E-state index contributed by atoms with van der Waals surface area (Å²) in [4.78, 5) is 0. The highest BCUT2D eigenvalue weighted by Crippen LogP contribution is 1.97. The summed E-state index contributed by atoms with van der Waals surface area (Å²) in [5.74, 6) is 0. The van der Waals surface area contributed by atoms with Gasteiger partial charge in [-0.25, -0.2) is 0 Å². The van der Waals surface area contributed by atoms with Crippen LogP contribution >= 0.6 is 0 Å². The van der Waals surface area contributed by atoms with Gasteiger partial charge in [0.05, 0.1) is 0 Å². The van der Waals surface area contributed by atoms with Gasteiger partial charge >= 0.3 is 0 Å². The standard InChI is InChI=1S/C15H17BN/c1-17-13-12-16(14-8-4-2-5-9-14)15-10-6-3-7-11-15/h2,4-11,17H,12-13H2,1H3. The van der Waals surface area contributed by atoms with Crippen molar-refractivity contribution < 1.29 is 0 Å². The Balaban J connectivity index is 2.26. The van der Waals surface area contributed by atoms with Gasteiger partial charge in [0.25, 0.3) is 0 Å². The molecule has 1 radical (unpaired) electrons. The van der Waals surface area contributed by atoms with Crippen LogP contribution in [-0.4, -0.2) is 20.3 Å². The molecule has 0 saturated carbocycles. The molecule has 0 amide bonds. The van der Waals surface area contributed by atoms with Gasteiger partial charge in [-0.1, -0.05) is 71.8 Å². The molecule has 0 saturated heterocycles. The molecule has 2 heteroatoms. The maximum absolute atomic E-state index is 3.23. The Morgan fingerprint density at radius 3 is 2.29 bits per heavy atom. The summed E-state index contributed by atoms with van der Waals surface area (Å²) in [6.07, 6.45) is 1.12. The van der Waals surface area contributed by atoms with Crippen molar-refractivity contribution in [2.24, 2.45) is 0 Å². The Labute approximate surface area is 104 Å². The zero-order valence-corrected chi connectivity index (χ0v) is 10.2. The number of benzene rings is 2. The molecular formula is C15H17BN. The minimum absolute atomic E-state index is 0.471. The molecule has 0 aliphatic rings. The topological polar surface area (TPSA) is 12.0 Å². The highest BCUT2D eigenvalue weighted by atomic mass is 14.8. The quantitative estimate of drug-likeness (QED) is 0.752. The van der Waals surface area contributed by atoms with Gasteiger partial charge in [-0.3, -0.25) is 0 Å². The van der Waals surface area contributed by atoms with Crippen molar-refractivity contribution in [3.8, 4) is 0 Å². The summed E-state index contributed by atoms with van der Waals surface area (Å²) in [7, 11) is 2.00. The number of hydrogen-bond acceptors (Lipinski definition) is 1. The second kappa shape index (κ2) is 6.26. The van der Waals surface area contributed by atoms with Gasteiger partial charge in [0, 0.05) is 0 Å².